The Morgan fingerprint density at radius 1 is 1.22 bits per heavy atom. The Morgan fingerprint density at radius 3 is 2.85 bits per heavy atom. The minimum absolute atomic E-state index is 0.0349. The van der Waals surface area contributed by atoms with E-state index < -0.39 is 0 Å². The van der Waals surface area contributed by atoms with Crippen LogP contribution in [0.2, 0.25) is 0 Å². The lowest BCUT2D eigenvalue weighted by Crippen LogP contribution is -2.39. The lowest BCUT2D eigenvalue weighted by atomic mass is 9.99. The average molecular weight is 368 g/mol. The molecule has 1 fully saturated rings. The number of likely N-dealkylation sites (N-methyl/N-ethyl adjacent to an activating group) is 1. The summed E-state index contributed by atoms with van der Waals surface area (Å²) in [4.78, 5) is 26.9. The largest absolute Gasteiger partial charge is 0.328 e. The summed E-state index contributed by atoms with van der Waals surface area (Å²) >= 11 is 0. The van der Waals surface area contributed by atoms with E-state index in [1.54, 1.807) is 6.20 Å². The topological polar surface area (TPSA) is 67.2 Å². The zero-order chi connectivity index (χ0) is 19.0. The normalized spacial score (nSPS) is 20.7. The van der Waals surface area contributed by atoms with Crippen molar-refractivity contribution in [3.05, 3.63) is 41.2 Å². The second kappa shape index (κ2) is 7.38. The van der Waals surface area contributed by atoms with Crippen molar-refractivity contribution in [2.75, 3.05) is 20.1 Å². The van der Waals surface area contributed by atoms with Gasteiger partial charge < -0.3 is 9.80 Å². The first kappa shape index (κ1) is 18.1. The van der Waals surface area contributed by atoms with Gasteiger partial charge in [0.2, 0.25) is 0 Å². The summed E-state index contributed by atoms with van der Waals surface area (Å²) in [6.45, 7) is 6.79. The number of amides is 1. The fourth-order valence-corrected chi connectivity index (χ4v) is 3.97. The van der Waals surface area contributed by atoms with Crippen LogP contribution in [0.3, 0.4) is 0 Å². The third-order valence-electron chi connectivity index (χ3n) is 5.58. The molecule has 1 unspecified atom stereocenters. The molecule has 144 valence electrons. The highest BCUT2D eigenvalue weighted by Crippen LogP contribution is 2.31. The van der Waals surface area contributed by atoms with E-state index in [1.165, 1.54) is 5.56 Å². The van der Waals surface area contributed by atoms with Gasteiger partial charge in [0, 0.05) is 55.7 Å². The van der Waals surface area contributed by atoms with Gasteiger partial charge in [-0.15, -0.1) is 0 Å². The molecule has 0 aliphatic carbocycles. The molecule has 2 aromatic heterocycles. The fraction of sp³-hybridized carbons (Fsp3) is 0.600. The van der Waals surface area contributed by atoms with Crippen LogP contribution < -0.4 is 0 Å². The molecule has 1 amide bonds. The van der Waals surface area contributed by atoms with E-state index >= 15 is 0 Å². The number of rotatable bonds is 3. The summed E-state index contributed by atoms with van der Waals surface area (Å²) in [5, 5.41) is 4.33. The number of hydrogen-bond acceptors (Lipinski definition) is 5. The Morgan fingerprint density at radius 2 is 2.07 bits per heavy atom. The molecule has 0 bridgehead atoms. The maximum atomic E-state index is 13.2. The first-order valence-electron chi connectivity index (χ1n) is 9.91. The zero-order valence-electron chi connectivity index (χ0n) is 16.4. The lowest BCUT2D eigenvalue weighted by molar-refractivity contribution is 0.0599. The number of fused-ring (bicyclic) bond motifs is 1. The molecule has 0 saturated carbocycles. The SMILES string of the molecule is CC(C)n1cc(C(=O)N2CCCCC2c2ncc3c(n2)CCN(C)C3)cn1. The van der Waals surface area contributed by atoms with Crippen LogP contribution in [0.5, 0.6) is 0 Å². The number of aromatic nitrogens is 4. The first-order valence-corrected chi connectivity index (χ1v) is 9.91. The van der Waals surface area contributed by atoms with Crippen LogP contribution in [0, 0.1) is 0 Å². The van der Waals surface area contributed by atoms with Crippen molar-refractivity contribution in [2.24, 2.45) is 0 Å². The second-order valence-electron chi connectivity index (χ2n) is 8.00. The summed E-state index contributed by atoms with van der Waals surface area (Å²) in [5.41, 5.74) is 3.00. The lowest BCUT2D eigenvalue weighted by Gasteiger charge is -2.35. The number of piperidine rings is 1. The Kier molecular flexibility index (Phi) is 4.95. The number of carbonyl (C=O) groups excluding carboxylic acids is 1. The summed E-state index contributed by atoms with van der Waals surface area (Å²) in [5.74, 6) is 0.829. The quantitative estimate of drug-likeness (QED) is 0.833. The monoisotopic (exact) mass is 368 g/mol. The molecule has 1 saturated heterocycles. The summed E-state index contributed by atoms with van der Waals surface area (Å²) < 4.78 is 1.83. The van der Waals surface area contributed by atoms with Crippen molar-refractivity contribution < 1.29 is 4.79 Å². The van der Waals surface area contributed by atoms with Crippen molar-refractivity contribution in [3.8, 4) is 0 Å². The standard InChI is InChI=1S/C20H28N6O/c1-14(2)26-13-16(11-22-26)20(27)25-8-5-4-6-18(25)19-21-10-15-12-24(3)9-7-17(15)23-19/h10-11,13-14,18H,4-9,12H2,1-3H3. The highest BCUT2D eigenvalue weighted by atomic mass is 16.2. The Labute approximate surface area is 160 Å². The minimum Gasteiger partial charge on any atom is -0.328 e. The van der Waals surface area contributed by atoms with Gasteiger partial charge in [-0.1, -0.05) is 0 Å². The number of nitrogens with zero attached hydrogens (tertiary/aromatic N) is 6. The molecule has 2 aliphatic heterocycles. The zero-order valence-corrected chi connectivity index (χ0v) is 16.4. The summed E-state index contributed by atoms with van der Waals surface area (Å²) in [7, 11) is 2.12. The average Bonchev–Trinajstić information content (AvgIpc) is 3.17. The predicted molar refractivity (Wildman–Crippen MR) is 102 cm³/mol. The van der Waals surface area contributed by atoms with Gasteiger partial charge in [0.05, 0.1) is 17.8 Å². The van der Waals surface area contributed by atoms with E-state index in [0.29, 0.717) is 5.56 Å². The number of hydrogen-bond donors (Lipinski definition) is 0. The van der Waals surface area contributed by atoms with Crippen LogP contribution in [-0.2, 0) is 13.0 Å². The van der Waals surface area contributed by atoms with Gasteiger partial charge in [-0.2, -0.15) is 5.10 Å². The highest BCUT2D eigenvalue weighted by molar-refractivity contribution is 5.94. The Bertz CT molecular complexity index is 830. The molecule has 4 heterocycles. The van der Waals surface area contributed by atoms with Crippen LogP contribution in [0.1, 0.15) is 72.6 Å². The molecule has 2 aliphatic rings. The highest BCUT2D eigenvalue weighted by Gasteiger charge is 2.32. The van der Waals surface area contributed by atoms with Crippen LogP contribution in [0.4, 0.5) is 0 Å². The number of carbonyl (C=O) groups is 1. The van der Waals surface area contributed by atoms with Gasteiger partial charge in [-0.3, -0.25) is 9.48 Å². The molecule has 0 N–H and O–H groups in total. The molecule has 4 rings (SSSR count). The van der Waals surface area contributed by atoms with Crippen LogP contribution in [0.15, 0.2) is 18.6 Å². The first-order chi connectivity index (χ1) is 13.0. The van der Waals surface area contributed by atoms with Gasteiger partial charge in [-0.05, 0) is 40.2 Å². The maximum absolute atomic E-state index is 13.2. The van der Waals surface area contributed by atoms with E-state index in [-0.39, 0.29) is 18.0 Å². The van der Waals surface area contributed by atoms with E-state index in [9.17, 15) is 4.79 Å². The third-order valence-corrected chi connectivity index (χ3v) is 5.58. The van der Waals surface area contributed by atoms with Crippen LogP contribution >= 0.6 is 0 Å². The molecule has 2 aromatic rings. The summed E-state index contributed by atoms with van der Waals surface area (Å²) in [6.07, 6.45) is 9.48. The molecule has 1 atom stereocenters. The van der Waals surface area contributed by atoms with E-state index in [1.807, 2.05) is 22.0 Å². The van der Waals surface area contributed by atoms with Gasteiger partial charge in [0.15, 0.2) is 5.82 Å². The van der Waals surface area contributed by atoms with E-state index in [2.05, 4.69) is 35.9 Å². The molecule has 0 aromatic carbocycles. The second-order valence-corrected chi connectivity index (χ2v) is 8.00. The smallest absolute Gasteiger partial charge is 0.257 e. The van der Waals surface area contributed by atoms with Crippen molar-refractivity contribution in [1.82, 2.24) is 29.5 Å². The van der Waals surface area contributed by atoms with Gasteiger partial charge in [0.25, 0.3) is 5.91 Å². The fourth-order valence-electron chi connectivity index (χ4n) is 3.97. The van der Waals surface area contributed by atoms with Gasteiger partial charge in [0.1, 0.15) is 0 Å². The van der Waals surface area contributed by atoms with Crippen molar-refractivity contribution in [3.63, 3.8) is 0 Å². The van der Waals surface area contributed by atoms with E-state index in [0.717, 1.165) is 56.8 Å². The maximum Gasteiger partial charge on any atom is 0.257 e. The molecule has 7 nitrogen and oxygen atoms in total. The third kappa shape index (κ3) is 3.60. The van der Waals surface area contributed by atoms with Crippen molar-refractivity contribution in [2.45, 2.75) is 58.2 Å². The minimum atomic E-state index is -0.0430. The molecule has 7 heteroatoms. The van der Waals surface area contributed by atoms with Crippen molar-refractivity contribution >= 4 is 5.91 Å². The Hall–Kier alpha value is -2.28. The predicted octanol–water partition coefficient (Wildman–Crippen LogP) is 2.61. The van der Waals surface area contributed by atoms with Crippen LogP contribution in [-0.4, -0.2) is 55.6 Å². The number of likely N-dealkylation sites (tertiary alicyclic amines) is 1. The molecule has 27 heavy (non-hydrogen) atoms. The molecular formula is C20H28N6O. The van der Waals surface area contributed by atoms with E-state index in [4.69, 9.17) is 4.98 Å². The molecule has 0 spiro atoms. The Balaban J connectivity index is 1.60. The van der Waals surface area contributed by atoms with Gasteiger partial charge >= 0.3 is 0 Å². The van der Waals surface area contributed by atoms with Crippen molar-refractivity contribution in [1.29, 1.82) is 0 Å². The van der Waals surface area contributed by atoms with Gasteiger partial charge in [-0.25, -0.2) is 9.97 Å². The molecule has 0 radical (unpaired) electrons. The van der Waals surface area contributed by atoms with Crippen LogP contribution in [0.25, 0.3) is 0 Å². The summed E-state index contributed by atoms with van der Waals surface area (Å²) in [6, 6.07) is 0.199. The molecular weight excluding hydrogens is 340 g/mol.